The normalized spacial score (nSPS) is 13.0. The molecule has 0 aromatic heterocycles. The highest BCUT2D eigenvalue weighted by Gasteiger charge is 2.17. The van der Waals surface area contributed by atoms with E-state index >= 15 is 0 Å². The maximum absolute atomic E-state index is 12.4. The van der Waals surface area contributed by atoms with Crippen LogP contribution in [0.15, 0.2) is 48.6 Å². The third-order valence-electron chi connectivity index (χ3n) is 12.3. The van der Waals surface area contributed by atoms with Gasteiger partial charge in [-0.05, 0) is 70.6 Å². The second-order valence-corrected chi connectivity index (χ2v) is 18.5. The number of rotatable bonds is 50. The Balaban J connectivity index is 3.60. The Morgan fingerprint density at radius 2 is 0.825 bits per heavy atom. The molecular weight excluding hydrogens is 779 g/mol. The Bertz CT molecular complexity index is 1070. The number of hydrogen-bond donors (Lipinski definition) is 3. The molecule has 0 aromatic carbocycles. The number of esters is 1. The van der Waals surface area contributed by atoms with Crippen molar-refractivity contribution in [3.63, 3.8) is 0 Å². The Morgan fingerprint density at radius 3 is 1.30 bits per heavy atom. The molecule has 0 bridgehead atoms. The summed E-state index contributed by atoms with van der Waals surface area (Å²) in [6, 6.07) is -0.673. The fraction of sp³-hybridized carbons (Fsp3) is 0.825. The average Bonchev–Trinajstić information content (AvgIpc) is 3.28. The van der Waals surface area contributed by atoms with E-state index in [1.807, 2.05) is 12.2 Å². The van der Waals surface area contributed by atoms with Crippen LogP contribution < -0.4 is 5.32 Å². The Morgan fingerprint density at radius 1 is 0.444 bits per heavy atom. The van der Waals surface area contributed by atoms with Gasteiger partial charge in [0.2, 0.25) is 5.91 Å². The molecule has 0 fully saturated rings. The second kappa shape index (κ2) is 52.4. The number of nitrogens with one attached hydrogen (secondary N) is 1. The predicted octanol–water partition coefficient (Wildman–Crippen LogP) is 16.6. The molecule has 63 heavy (non-hydrogen) atoms. The van der Waals surface area contributed by atoms with Gasteiger partial charge in [0, 0.05) is 12.8 Å². The molecule has 368 valence electrons. The molecule has 0 spiro atoms. The summed E-state index contributed by atoms with van der Waals surface area (Å²) < 4.78 is 5.43. The zero-order valence-corrected chi connectivity index (χ0v) is 41.8. The molecule has 0 saturated carbocycles. The van der Waals surface area contributed by atoms with Gasteiger partial charge in [-0.15, -0.1) is 0 Å². The number of carbonyl (C=O) groups excluding carboxylic acids is 2. The van der Waals surface area contributed by atoms with Crippen LogP contribution in [0, 0.1) is 0 Å². The summed E-state index contributed by atoms with van der Waals surface area (Å²) in [5.74, 6) is -0.178. The molecule has 0 aliphatic carbocycles. The third kappa shape index (κ3) is 49.1. The lowest BCUT2D eigenvalue weighted by Gasteiger charge is -2.19. The SMILES string of the molecule is CCCC/C=C\CCCCCCCC(=O)OCCCCCCCC/C=C\C/C=C\CCC(=O)NC(CO)C(O)/C=C/CCCCCCCCCCCCCCCCCCCCCC. The van der Waals surface area contributed by atoms with Gasteiger partial charge in [-0.3, -0.25) is 9.59 Å². The number of allylic oxidation sites excluding steroid dienone is 7. The van der Waals surface area contributed by atoms with E-state index in [2.05, 4.69) is 49.5 Å². The van der Waals surface area contributed by atoms with Crippen molar-refractivity contribution < 1.29 is 24.5 Å². The molecule has 0 aliphatic rings. The van der Waals surface area contributed by atoms with Crippen molar-refractivity contribution in [1.29, 1.82) is 0 Å². The largest absolute Gasteiger partial charge is 0.466 e. The molecule has 6 nitrogen and oxygen atoms in total. The minimum atomic E-state index is -0.881. The number of amides is 1. The van der Waals surface area contributed by atoms with Crippen molar-refractivity contribution in [2.24, 2.45) is 0 Å². The standard InChI is InChI=1S/C57H105NO5/c1-3-5-7-9-11-13-15-16-17-18-19-20-21-22-23-24-26-30-33-37-41-45-49-55(60)54(53-59)58-56(61)50-46-42-38-34-31-27-25-28-32-36-40-44-48-52-63-57(62)51-47-43-39-35-29-14-12-10-8-6-4-2/h10,12,27,31,38,42,45,49,54-55,59-60H,3-9,11,13-26,28-30,32-37,39-41,43-44,46-48,50-53H2,1-2H3,(H,58,61)/b12-10-,31-27-,42-38-,49-45+. The number of carbonyl (C=O) groups is 2. The lowest BCUT2D eigenvalue weighted by molar-refractivity contribution is -0.143. The molecule has 6 heteroatoms. The van der Waals surface area contributed by atoms with Gasteiger partial charge in [0.05, 0.1) is 25.4 Å². The van der Waals surface area contributed by atoms with E-state index < -0.39 is 12.1 Å². The maximum Gasteiger partial charge on any atom is 0.305 e. The van der Waals surface area contributed by atoms with Gasteiger partial charge in [0.25, 0.3) is 0 Å². The van der Waals surface area contributed by atoms with Gasteiger partial charge in [-0.25, -0.2) is 0 Å². The summed E-state index contributed by atoms with van der Waals surface area (Å²) in [5.41, 5.74) is 0. The molecule has 1 amide bonds. The molecule has 0 rings (SSSR count). The van der Waals surface area contributed by atoms with Crippen LogP contribution in [0.1, 0.15) is 277 Å². The van der Waals surface area contributed by atoms with Crippen LogP contribution in [0.5, 0.6) is 0 Å². The lowest BCUT2D eigenvalue weighted by Crippen LogP contribution is -2.45. The van der Waals surface area contributed by atoms with E-state index in [1.165, 1.54) is 193 Å². The van der Waals surface area contributed by atoms with Gasteiger partial charge in [0.15, 0.2) is 0 Å². The Kier molecular flexibility index (Phi) is 50.6. The van der Waals surface area contributed by atoms with E-state index in [4.69, 9.17) is 4.74 Å². The summed E-state index contributed by atoms with van der Waals surface area (Å²) in [7, 11) is 0. The highest BCUT2D eigenvalue weighted by Crippen LogP contribution is 2.16. The molecule has 0 radical (unpaired) electrons. The minimum absolute atomic E-state index is 0.0300. The quantitative estimate of drug-likeness (QED) is 0.0321. The molecule has 3 N–H and O–H groups in total. The van der Waals surface area contributed by atoms with Crippen molar-refractivity contribution in [3.8, 4) is 0 Å². The van der Waals surface area contributed by atoms with E-state index in [1.54, 1.807) is 6.08 Å². The smallest absolute Gasteiger partial charge is 0.305 e. The van der Waals surface area contributed by atoms with Crippen LogP contribution in [-0.4, -0.2) is 47.4 Å². The lowest BCUT2D eigenvalue weighted by atomic mass is 10.0. The third-order valence-corrected chi connectivity index (χ3v) is 12.3. The number of unbranched alkanes of at least 4 members (excludes halogenated alkanes) is 33. The van der Waals surface area contributed by atoms with Gasteiger partial charge in [-0.1, -0.05) is 242 Å². The van der Waals surface area contributed by atoms with Crippen molar-refractivity contribution in [2.75, 3.05) is 13.2 Å². The van der Waals surface area contributed by atoms with Crippen molar-refractivity contribution in [3.05, 3.63) is 48.6 Å². The summed E-state index contributed by atoms with van der Waals surface area (Å²) in [5, 5.41) is 23.1. The Labute approximate surface area is 391 Å². The fourth-order valence-corrected chi connectivity index (χ4v) is 8.08. The molecule has 0 heterocycles. The molecule has 2 unspecified atom stereocenters. The highest BCUT2D eigenvalue weighted by molar-refractivity contribution is 5.76. The van der Waals surface area contributed by atoms with Gasteiger partial charge in [0.1, 0.15) is 0 Å². The molecule has 0 aromatic rings. The number of ether oxygens (including phenoxy) is 1. The van der Waals surface area contributed by atoms with Crippen LogP contribution in [0.2, 0.25) is 0 Å². The first kappa shape index (κ1) is 60.8. The highest BCUT2D eigenvalue weighted by atomic mass is 16.5. The summed E-state index contributed by atoms with van der Waals surface area (Å²) >= 11 is 0. The van der Waals surface area contributed by atoms with Crippen LogP contribution in [0.25, 0.3) is 0 Å². The van der Waals surface area contributed by atoms with Gasteiger partial charge < -0.3 is 20.3 Å². The first-order chi connectivity index (χ1) is 31.0. The molecule has 0 aliphatic heterocycles. The minimum Gasteiger partial charge on any atom is -0.466 e. The zero-order valence-electron chi connectivity index (χ0n) is 41.8. The second-order valence-electron chi connectivity index (χ2n) is 18.5. The summed E-state index contributed by atoms with van der Waals surface area (Å²) in [6.07, 6.45) is 65.7. The average molecular weight is 884 g/mol. The van der Waals surface area contributed by atoms with E-state index in [-0.39, 0.29) is 18.5 Å². The van der Waals surface area contributed by atoms with E-state index in [9.17, 15) is 19.8 Å². The zero-order chi connectivity index (χ0) is 45.8. The van der Waals surface area contributed by atoms with Crippen molar-refractivity contribution >= 4 is 11.9 Å². The molecular formula is C57H105NO5. The molecule has 0 saturated heterocycles. The van der Waals surface area contributed by atoms with Gasteiger partial charge in [-0.2, -0.15) is 0 Å². The van der Waals surface area contributed by atoms with E-state index in [0.29, 0.717) is 25.9 Å². The topological polar surface area (TPSA) is 95.9 Å². The first-order valence-corrected chi connectivity index (χ1v) is 27.4. The monoisotopic (exact) mass is 884 g/mol. The fourth-order valence-electron chi connectivity index (χ4n) is 8.08. The van der Waals surface area contributed by atoms with Crippen LogP contribution in [0.3, 0.4) is 0 Å². The summed E-state index contributed by atoms with van der Waals surface area (Å²) in [6.45, 7) is 4.80. The molecule has 2 atom stereocenters. The maximum atomic E-state index is 12.4. The van der Waals surface area contributed by atoms with Crippen molar-refractivity contribution in [2.45, 2.75) is 289 Å². The van der Waals surface area contributed by atoms with Crippen LogP contribution in [0.4, 0.5) is 0 Å². The number of aliphatic hydroxyl groups excluding tert-OH is 2. The predicted molar refractivity (Wildman–Crippen MR) is 273 cm³/mol. The first-order valence-electron chi connectivity index (χ1n) is 27.4. The summed E-state index contributed by atoms with van der Waals surface area (Å²) in [4.78, 5) is 24.4. The van der Waals surface area contributed by atoms with Crippen LogP contribution in [-0.2, 0) is 14.3 Å². The van der Waals surface area contributed by atoms with Crippen LogP contribution >= 0.6 is 0 Å². The van der Waals surface area contributed by atoms with Crippen molar-refractivity contribution in [1.82, 2.24) is 5.32 Å². The van der Waals surface area contributed by atoms with E-state index in [0.717, 1.165) is 51.4 Å². The van der Waals surface area contributed by atoms with Gasteiger partial charge >= 0.3 is 5.97 Å². The number of aliphatic hydroxyl groups is 2. The number of hydrogen-bond acceptors (Lipinski definition) is 5. The Hall–Kier alpha value is -2.18.